The summed E-state index contributed by atoms with van der Waals surface area (Å²) in [5, 5.41) is 2.92. The lowest BCUT2D eigenvalue weighted by atomic mass is 10.1. The number of benzene rings is 2. The maximum atomic E-state index is 13.8. The summed E-state index contributed by atoms with van der Waals surface area (Å²) in [7, 11) is 1.64. The smallest absolute Gasteiger partial charge is 0.234 e. The van der Waals surface area contributed by atoms with Crippen molar-refractivity contribution < 1.29 is 18.0 Å². The lowest BCUT2D eigenvalue weighted by molar-refractivity contribution is -0.122. The second-order valence-corrected chi connectivity index (χ2v) is 6.23. The Morgan fingerprint density at radius 3 is 2.56 bits per heavy atom. The van der Waals surface area contributed by atoms with Crippen LogP contribution in [-0.4, -0.2) is 24.4 Å². The van der Waals surface area contributed by atoms with E-state index in [9.17, 15) is 18.0 Å². The van der Waals surface area contributed by atoms with Crippen LogP contribution in [0.3, 0.4) is 0 Å². The van der Waals surface area contributed by atoms with Crippen LogP contribution in [0.2, 0.25) is 5.02 Å². The van der Waals surface area contributed by atoms with E-state index in [1.54, 1.807) is 24.9 Å². The fourth-order valence-electron chi connectivity index (χ4n) is 2.47. The molecule has 0 spiro atoms. The van der Waals surface area contributed by atoms with Gasteiger partial charge in [-0.1, -0.05) is 23.7 Å². The van der Waals surface area contributed by atoms with E-state index in [4.69, 9.17) is 11.6 Å². The Labute approximate surface area is 149 Å². The molecule has 134 valence electrons. The number of halogens is 4. The van der Waals surface area contributed by atoms with Gasteiger partial charge in [0.05, 0.1) is 12.6 Å². The summed E-state index contributed by atoms with van der Waals surface area (Å²) in [6, 6.07) is 6.95. The standard InChI is InChI=1S/C18H18ClF3N2O/c1-11(13-7-6-12(20)8-17(13)22)23-18(25)10-24(2)9-14-15(19)4-3-5-16(14)21/h3-8,11H,9-10H2,1-2H3,(H,23,25)/t11-/m0/s1. The molecule has 0 aliphatic carbocycles. The number of likely N-dealkylation sites (N-methyl/N-ethyl adjacent to an activating group) is 1. The molecule has 0 aliphatic rings. The molecule has 25 heavy (non-hydrogen) atoms. The van der Waals surface area contributed by atoms with E-state index < -0.39 is 23.5 Å². The molecule has 1 atom stereocenters. The molecular weight excluding hydrogens is 353 g/mol. The van der Waals surface area contributed by atoms with E-state index >= 15 is 0 Å². The van der Waals surface area contributed by atoms with Crippen molar-refractivity contribution in [3.63, 3.8) is 0 Å². The number of nitrogens with zero attached hydrogens (tertiary/aromatic N) is 1. The Bertz CT molecular complexity index is 750. The zero-order valence-corrected chi connectivity index (χ0v) is 14.6. The van der Waals surface area contributed by atoms with Crippen LogP contribution in [0, 0.1) is 17.5 Å². The molecule has 2 rings (SSSR count). The molecule has 0 fully saturated rings. The third-order valence-electron chi connectivity index (χ3n) is 3.71. The first-order chi connectivity index (χ1) is 11.8. The summed E-state index contributed by atoms with van der Waals surface area (Å²) < 4.78 is 40.4. The van der Waals surface area contributed by atoms with Gasteiger partial charge in [0.2, 0.25) is 5.91 Å². The van der Waals surface area contributed by atoms with Gasteiger partial charge in [-0.05, 0) is 32.2 Å². The summed E-state index contributed by atoms with van der Waals surface area (Å²) >= 11 is 5.97. The van der Waals surface area contributed by atoms with E-state index in [1.807, 2.05) is 0 Å². The normalized spacial score (nSPS) is 12.3. The van der Waals surface area contributed by atoms with Gasteiger partial charge in [0.15, 0.2) is 0 Å². The van der Waals surface area contributed by atoms with Crippen molar-refractivity contribution in [2.75, 3.05) is 13.6 Å². The van der Waals surface area contributed by atoms with Crippen LogP contribution in [-0.2, 0) is 11.3 Å². The molecule has 0 saturated heterocycles. The van der Waals surface area contributed by atoms with Crippen molar-refractivity contribution in [1.29, 1.82) is 0 Å². The van der Waals surface area contributed by atoms with Crippen molar-refractivity contribution in [2.24, 2.45) is 0 Å². The Hall–Kier alpha value is -2.05. The van der Waals surface area contributed by atoms with Gasteiger partial charge in [0.25, 0.3) is 0 Å². The summed E-state index contributed by atoms with van der Waals surface area (Å²) in [6.07, 6.45) is 0. The molecule has 0 radical (unpaired) electrons. The predicted molar refractivity (Wildman–Crippen MR) is 90.7 cm³/mol. The maximum Gasteiger partial charge on any atom is 0.234 e. The predicted octanol–water partition coefficient (Wildman–Crippen LogP) is 4.07. The van der Waals surface area contributed by atoms with E-state index in [2.05, 4.69) is 5.32 Å². The van der Waals surface area contributed by atoms with Gasteiger partial charge in [-0.15, -0.1) is 0 Å². The van der Waals surface area contributed by atoms with E-state index in [1.165, 1.54) is 18.2 Å². The lowest BCUT2D eigenvalue weighted by Gasteiger charge is -2.20. The van der Waals surface area contributed by atoms with Crippen LogP contribution >= 0.6 is 11.6 Å². The molecule has 3 nitrogen and oxygen atoms in total. The Morgan fingerprint density at radius 1 is 1.20 bits per heavy atom. The topological polar surface area (TPSA) is 32.3 Å². The Morgan fingerprint density at radius 2 is 1.92 bits per heavy atom. The van der Waals surface area contributed by atoms with Crippen LogP contribution in [0.5, 0.6) is 0 Å². The van der Waals surface area contributed by atoms with Gasteiger partial charge in [-0.3, -0.25) is 9.69 Å². The molecule has 0 aromatic heterocycles. The number of carbonyl (C=O) groups excluding carboxylic acids is 1. The molecule has 0 bridgehead atoms. The van der Waals surface area contributed by atoms with Gasteiger partial charge in [-0.2, -0.15) is 0 Å². The third kappa shape index (κ3) is 5.21. The summed E-state index contributed by atoms with van der Waals surface area (Å²) in [5.74, 6) is -2.21. The fourth-order valence-corrected chi connectivity index (χ4v) is 2.69. The minimum atomic E-state index is -0.723. The number of hydrogen-bond donors (Lipinski definition) is 1. The highest BCUT2D eigenvalue weighted by atomic mass is 35.5. The molecule has 0 unspecified atom stereocenters. The van der Waals surface area contributed by atoms with Gasteiger partial charge >= 0.3 is 0 Å². The highest BCUT2D eigenvalue weighted by Crippen LogP contribution is 2.20. The molecule has 2 aromatic rings. The van der Waals surface area contributed by atoms with Crippen molar-refractivity contribution in [2.45, 2.75) is 19.5 Å². The summed E-state index contributed by atoms with van der Waals surface area (Å²) in [6.45, 7) is 1.72. The molecular formula is C18H18ClF3N2O. The van der Waals surface area contributed by atoms with E-state index in [0.29, 0.717) is 5.56 Å². The number of carbonyl (C=O) groups is 1. The van der Waals surface area contributed by atoms with Crippen LogP contribution < -0.4 is 5.32 Å². The van der Waals surface area contributed by atoms with Gasteiger partial charge in [0, 0.05) is 28.8 Å². The quantitative estimate of drug-likeness (QED) is 0.831. The zero-order valence-electron chi connectivity index (χ0n) is 13.8. The van der Waals surface area contributed by atoms with E-state index in [-0.39, 0.29) is 29.6 Å². The Kier molecular flexibility index (Phi) is 6.45. The zero-order chi connectivity index (χ0) is 18.6. The average Bonchev–Trinajstić information content (AvgIpc) is 2.50. The summed E-state index contributed by atoms with van der Waals surface area (Å²) in [5.41, 5.74) is 0.492. The fraction of sp³-hybridized carbons (Fsp3) is 0.278. The monoisotopic (exact) mass is 370 g/mol. The minimum absolute atomic E-state index is 0.0299. The number of nitrogens with one attached hydrogen (secondary N) is 1. The molecule has 0 saturated carbocycles. The molecule has 2 aromatic carbocycles. The SMILES string of the molecule is C[C@H](NC(=O)CN(C)Cc1c(F)cccc1Cl)c1ccc(F)cc1F. The average molecular weight is 371 g/mol. The largest absolute Gasteiger partial charge is 0.348 e. The van der Waals surface area contributed by atoms with Crippen molar-refractivity contribution in [3.8, 4) is 0 Å². The molecule has 1 amide bonds. The first-order valence-electron chi connectivity index (χ1n) is 7.63. The maximum absolute atomic E-state index is 13.8. The highest BCUT2D eigenvalue weighted by molar-refractivity contribution is 6.31. The highest BCUT2D eigenvalue weighted by Gasteiger charge is 2.16. The van der Waals surface area contributed by atoms with Gasteiger partial charge < -0.3 is 5.32 Å². The second-order valence-electron chi connectivity index (χ2n) is 5.83. The lowest BCUT2D eigenvalue weighted by Crippen LogP contribution is -2.36. The number of amides is 1. The third-order valence-corrected chi connectivity index (χ3v) is 4.06. The van der Waals surface area contributed by atoms with E-state index in [0.717, 1.165) is 12.1 Å². The molecule has 1 N–H and O–H groups in total. The van der Waals surface area contributed by atoms with Crippen molar-refractivity contribution >= 4 is 17.5 Å². The van der Waals surface area contributed by atoms with Crippen LogP contribution in [0.1, 0.15) is 24.1 Å². The van der Waals surface area contributed by atoms with Crippen molar-refractivity contribution in [1.82, 2.24) is 10.2 Å². The van der Waals surface area contributed by atoms with Crippen LogP contribution in [0.4, 0.5) is 13.2 Å². The van der Waals surface area contributed by atoms with Gasteiger partial charge in [-0.25, -0.2) is 13.2 Å². The van der Waals surface area contributed by atoms with Crippen LogP contribution in [0.15, 0.2) is 36.4 Å². The molecule has 7 heteroatoms. The number of rotatable bonds is 6. The second kappa shape index (κ2) is 8.36. The minimum Gasteiger partial charge on any atom is -0.348 e. The van der Waals surface area contributed by atoms with Crippen molar-refractivity contribution in [3.05, 3.63) is 70.0 Å². The first kappa shape index (κ1) is 19.3. The summed E-state index contributed by atoms with van der Waals surface area (Å²) in [4.78, 5) is 13.7. The van der Waals surface area contributed by atoms with Gasteiger partial charge in [0.1, 0.15) is 17.5 Å². The number of hydrogen-bond acceptors (Lipinski definition) is 2. The molecule has 0 heterocycles. The Balaban J connectivity index is 1.95. The van der Waals surface area contributed by atoms with Crippen LogP contribution in [0.25, 0.3) is 0 Å². The first-order valence-corrected chi connectivity index (χ1v) is 8.01. The molecule has 0 aliphatic heterocycles.